The number of carbonyl (C=O) groups is 1. The second kappa shape index (κ2) is 6.82. The van der Waals surface area contributed by atoms with E-state index in [-0.39, 0.29) is 23.3 Å². The van der Waals surface area contributed by atoms with Crippen LogP contribution in [-0.4, -0.2) is 45.4 Å². The Bertz CT molecular complexity index is 898. The Kier molecular flexibility index (Phi) is 4.27. The van der Waals surface area contributed by atoms with Gasteiger partial charge in [0.2, 0.25) is 5.91 Å². The molecule has 0 bridgehead atoms. The van der Waals surface area contributed by atoms with E-state index in [4.69, 9.17) is 0 Å². The summed E-state index contributed by atoms with van der Waals surface area (Å²) in [6.07, 6.45) is 10.9. The van der Waals surface area contributed by atoms with E-state index in [1.54, 1.807) is 18.3 Å². The average Bonchev–Trinajstić information content (AvgIpc) is 3.34. The molecule has 0 N–H and O–H groups in total. The van der Waals surface area contributed by atoms with Gasteiger partial charge in [-0.15, -0.1) is 0 Å². The molecule has 5 rings (SSSR count). The number of pyridine rings is 1. The van der Waals surface area contributed by atoms with E-state index < -0.39 is 0 Å². The van der Waals surface area contributed by atoms with Gasteiger partial charge < -0.3 is 4.90 Å². The molecule has 5 heteroatoms. The van der Waals surface area contributed by atoms with E-state index in [0.29, 0.717) is 12.5 Å². The van der Waals surface area contributed by atoms with Crippen molar-refractivity contribution in [2.24, 2.45) is 5.92 Å². The van der Waals surface area contributed by atoms with Crippen LogP contribution in [0.3, 0.4) is 0 Å². The van der Waals surface area contributed by atoms with Crippen molar-refractivity contribution >= 4 is 12.0 Å². The summed E-state index contributed by atoms with van der Waals surface area (Å²) < 4.78 is 13.1. The molecule has 3 saturated heterocycles. The minimum absolute atomic E-state index is 0.217. The molecule has 0 radical (unpaired) electrons. The molecule has 144 valence electrons. The lowest BCUT2D eigenvalue weighted by Gasteiger charge is -2.32. The second-order valence-electron chi connectivity index (χ2n) is 8.18. The maximum Gasteiger partial charge on any atom is 0.243 e. The van der Waals surface area contributed by atoms with Gasteiger partial charge in [-0.1, -0.05) is 30.4 Å². The number of rotatable bonds is 4. The molecule has 1 aromatic heterocycles. The van der Waals surface area contributed by atoms with Gasteiger partial charge in [0.25, 0.3) is 0 Å². The molecule has 0 aliphatic carbocycles. The molecule has 2 aromatic rings. The van der Waals surface area contributed by atoms with Gasteiger partial charge in [0.15, 0.2) is 0 Å². The molecular formula is C23H24FN3O. The van der Waals surface area contributed by atoms with Gasteiger partial charge in [0.05, 0.1) is 0 Å². The van der Waals surface area contributed by atoms with Crippen LogP contribution in [-0.2, 0) is 11.3 Å². The lowest BCUT2D eigenvalue weighted by molar-refractivity contribution is -0.137. The first-order valence-corrected chi connectivity index (χ1v) is 10.1. The van der Waals surface area contributed by atoms with Crippen LogP contribution >= 0.6 is 0 Å². The van der Waals surface area contributed by atoms with Gasteiger partial charge in [-0.3, -0.25) is 14.7 Å². The zero-order valence-electron chi connectivity index (χ0n) is 15.8. The second-order valence-corrected chi connectivity index (χ2v) is 8.18. The van der Waals surface area contributed by atoms with Gasteiger partial charge in [0.1, 0.15) is 11.4 Å². The number of halogens is 1. The number of hydrogen-bond acceptors (Lipinski definition) is 3. The third-order valence-corrected chi connectivity index (χ3v) is 6.65. The lowest BCUT2D eigenvalue weighted by atomic mass is 9.85. The van der Waals surface area contributed by atoms with Crippen LogP contribution in [0.2, 0.25) is 0 Å². The fourth-order valence-electron chi connectivity index (χ4n) is 5.46. The molecule has 3 atom stereocenters. The number of hydrogen-bond donors (Lipinski definition) is 0. The average molecular weight is 377 g/mol. The van der Waals surface area contributed by atoms with E-state index in [1.165, 1.54) is 12.1 Å². The van der Waals surface area contributed by atoms with Crippen molar-refractivity contribution in [3.05, 3.63) is 71.8 Å². The molecule has 1 spiro atoms. The SMILES string of the molecule is O=C1N(Cc2cccnc2)C[C@@H]2C[C@@H](/C=C/c3ccc(F)cc3)N3CCC[C@@]123. The quantitative estimate of drug-likeness (QED) is 0.818. The predicted molar refractivity (Wildman–Crippen MR) is 106 cm³/mol. The zero-order chi connectivity index (χ0) is 19.1. The minimum atomic E-state index is -0.319. The van der Waals surface area contributed by atoms with Crippen LogP contribution in [0.5, 0.6) is 0 Å². The molecule has 0 saturated carbocycles. The molecule has 3 aliphatic rings. The normalized spacial score (nSPS) is 29.6. The van der Waals surface area contributed by atoms with Gasteiger partial charge in [-0.2, -0.15) is 0 Å². The number of benzene rings is 1. The summed E-state index contributed by atoms with van der Waals surface area (Å²) in [4.78, 5) is 22.1. The third-order valence-electron chi connectivity index (χ3n) is 6.65. The number of likely N-dealkylation sites (tertiary alicyclic amines) is 1. The van der Waals surface area contributed by atoms with Crippen molar-refractivity contribution in [3.63, 3.8) is 0 Å². The molecule has 4 nitrogen and oxygen atoms in total. The fourth-order valence-corrected chi connectivity index (χ4v) is 5.46. The summed E-state index contributed by atoms with van der Waals surface area (Å²) in [6.45, 7) is 2.45. The molecule has 3 aliphatic heterocycles. The minimum Gasteiger partial charge on any atom is -0.336 e. The summed E-state index contributed by atoms with van der Waals surface area (Å²) in [5.41, 5.74) is 1.76. The van der Waals surface area contributed by atoms with Crippen molar-refractivity contribution in [2.45, 2.75) is 37.4 Å². The van der Waals surface area contributed by atoms with Crippen molar-refractivity contribution < 1.29 is 9.18 Å². The highest BCUT2D eigenvalue weighted by atomic mass is 19.1. The molecular weight excluding hydrogens is 353 g/mol. The zero-order valence-corrected chi connectivity index (χ0v) is 15.8. The molecule has 3 fully saturated rings. The van der Waals surface area contributed by atoms with Gasteiger partial charge in [0, 0.05) is 37.4 Å². The lowest BCUT2D eigenvalue weighted by Crippen LogP contribution is -2.50. The first-order chi connectivity index (χ1) is 13.7. The topological polar surface area (TPSA) is 36.4 Å². The smallest absolute Gasteiger partial charge is 0.243 e. The molecule has 1 amide bonds. The summed E-state index contributed by atoms with van der Waals surface area (Å²) in [6, 6.07) is 10.8. The van der Waals surface area contributed by atoms with Crippen LogP contribution in [0.4, 0.5) is 4.39 Å². The van der Waals surface area contributed by atoms with E-state index in [2.05, 4.69) is 22.0 Å². The molecule has 0 unspecified atom stereocenters. The van der Waals surface area contributed by atoms with Crippen LogP contribution < -0.4 is 0 Å². The highest BCUT2D eigenvalue weighted by Gasteiger charge is 2.64. The van der Waals surface area contributed by atoms with Crippen molar-refractivity contribution in [3.8, 4) is 0 Å². The third kappa shape index (κ3) is 2.76. The van der Waals surface area contributed by atoms with Crippen LogP contribution in [0, 0.1) is 11.7 Å². The summed E-state index contributed by atoms with van der Waals surface area (Å²) in [7, 11) is 0. The Morgan fingerprint density at radius 2 is 2.11 bits per heavy atom. The Morgan fingerprint density at radius 3 is 2.89 bits per heavy atom. The number of aromatic nitrogens is 1. The summed E-state index contributed by atoms with van der Waals surface area (Å²) >= 11 is 0. The van der Waals surface area contributed by atoms with Crippen LogP contribution in [0.15, 0.2) is 54.9 Å². The van der Waals surface area contributed by atoms with Crippen LogP contribution in [0.1, 0.15) is 30.4 Å². The number of nitrogens with zero attached hydrogens (tertiary/aromatic N) is 3. The maximum atomic E-state index is 13.5. The highest BCUT2D eigenvalue weighted by Crippen LogP contribution is 2.51. The van der Waals surface area contributed by atoms with Crippen molar-refractivity contribution in [2.75, 3.05) is 13.1 Å². The first-order valence-electron chi connectivity index (χ1n) is 10.1. The van der Waals surface area contributed by atoms with Crippen LogP contribution in [0.25, 0.3) is 6.08 Å². The Labute approximate surface area is 164 Å². The van der Waals surface area contributed by atoms with E-state index >= 15 is 0 Å². The monoisotopic (exact) mass is 377 g/mol. The Balaban J connectivity index is 1.35. The standard InChI is InChI=1S/C23H24FN3O/c24-20-7-4-17(5-8-20)6-9-21-13-19-16-26(15-18-3-1-11-25-14-18)22(28)23(19)10-2-12-27(21)23/h1,3-9,11,14,19,21H,2,10,12-13,15-16H2/b9-6+/t19-,21+,23-/m0/s1. The summed E-state index contributed by atoms with van der Waals surface area (Å²) in [5.74, 6) is 0.448. The van der Waals surface area contributed by atoms with E-state index in [9.17, 15) is 9.18 Å². The predicted octanol–water partition coefficient (Wildman–Crippen LogP) is 3.50. The van der Waals surface area contributed by atoms with E-state index in [0.717, 1.165) is 43.5 Å². The fraction of sp³-hybridized carbons (Fsp3) is 0.391. The van der Waals surface area contributed by atoms with Gasteiger partial charge in [-0.05, 0) is 55.1 Å². The number of amides is 1. The van der Waals surface area contributed by atoms with Crippen molar-refractivity contribution in [1.82, 2.24) is 14.8 Å². The van der Waals surface area contributed by atoms with Crippen molar-refractivity contribution in [1.29, 1.82) is 0 Å². The maximum absolute atomic E-state index is 13.5. The first kappa shape index (κ1) is 17.6. The summed E-state index contributed by atoms with van der Waals surface area (Å²) in [5, 5.41) is 0. The highest BCUT2D eigenvalue weighted by molar-refractivity contribution is 5.90. The Hall–Kier alpha value is -2.53. The number of carbonyl (C=O) groups excluding carboxylic acids is 1. The van der Waals surface area contributed by atoms with E-state index in [1.807, 2.05) is 23.2 Å². The molecule has 4 heterocycles. The largest absolute Gasteiger partial charge is 0.336 e. The molecule has 28 heavy (non-hydrogen) atoms. The van der Waals surface area contributed by atoms with Gasteiger partial charge >= 0.3 is 0 Å². The molecule has 1 aromatic carbocycles. The van der Waals surface area contributed by atoms with Gasteiger partial charge in [-0.25, -0.2) is 4.39 Å². The Morgan fingerprint density at radius 1 is 1.25 bits per heavy atom.